The molecule has 4 atom stereocenters. The van der Waals surface area contributed by atoms with Gasteiger partial charge in [-0.05, 0) is 31.6 Å². The first-order chi connectivity index (χ1) is 8.54. The quantitative estimate of drug-likeness (QED) is 0.765. The Morgan fingerprint density at radius 2 is 2.06 bits per heavy atom. The Hall–Kier alpha value is -0.570. The largest absolute Gasteiger partial charge is 0.353 e. The molecule has 2 N–H and O–H groups in total. The third kappa shape index (κ3) is 4.97. The van der Waals surface area contributed by atoms with Crippen LogP contribution in [0, 0.1) is 11.8 Å². The van der Waals surface area contributed by atoms with E-state index < -0.39 is 0 Å². The Morgan fingerprint density at radius 3 is 2.72 bits per heavy atom. The van der Waals surface area contributed by atoms with Crippen molar-refractivity contribution in [2.45, 2.75) is 71.9 Å². The molecule has 0 spiro atoms. The maximum Gasteiger partial charge on any atom is 0.234 e. The predicted molar refractivity (Wildman–Crippen MR) is 76.5 cm³/mol. The van der Waals surface area contributed by atoms with E-state index in [1.54, 1.807) is 0 Å². The summed E-state index contributed by atoms with van der Waals surface area (Å²) < 4.78 is 0. The molecule has 0 bridgehead atoms. The van der Waals surface area contributed by atoms with E-state index in [9.17, 15) is 4.79 Å². The van der Waals surface area contributed by atoms with Gasteiger partial charge in [0, 0.05) is 12.1 Å². The molecule has 0 radical (unpaired) electrons. The highest BCUT2D eigenvalue weighted by Gasteiger charge is 2.26. The summed E-state index contributed by atoms with van der Waals surface area (Å²) in [5.74, 6) is 1.60. The van der Waals surface area contributed by atoms with Gasteiger partial charge in [-0.25, -0.2) is 0 Å². The first-order valence-electron chi connectivity index (χ1n) is 7.57. The normalized spacial score (nSPS) is 29.9. The van der Waals surface area contributed by atoms with Crippen LogP contribution in [-0.4, -0.2) is 24.5 Å². The van der Waals surface area contributed by atoms with Crippen LogP contribution in [0.25, 0.3) is 0 Å². The van der Waals surface area contributed by atoms with Crippen LogP contribution in [0.4, 0.5) is 0 Å². The monoisotopic (exact) mass is 254 g/mol. The van der Waals surface area contributed by atoms with Crippen molar-refractivity contribution in [2.24, 2.45) is 11.8 Å². The van der Waals surface area contributed by atoms with Crippen molar-refractivity contribution in [2.75, 3.05) is 6.54 Å². The summed E-state index contributed by atoms with van der Waals surface area (Å²) in [6.45, 7) is 9.31. The fraction of sp³-hybridized carbons (Fsp3) is 0.933. The summed E-state index contributed by atoms with van der Waals surface area (Å²) in [6.07, 6.45) is 6.01. The molecule has 1 aliphatic carbocycles. The van der Waals surface area contributed by atoms with Crippen molar-refractivity contribution in [3.05, 3.63) is 0 Å². The van der Waals surface area contributed by atoms with Gasteiger partial charge in [0.05, 0.1) is 6.54 Å². The van der Waals surface area contributed by atoms with Gasteiger partial charge in [-0.3, -0.25) is 4.79 Å². The molecule has 1 amide bonds. The van der Waals surface area contributed by atoms with E-state index in [-0.39, 0.29) is 5.91 Å². The molecule has 4 unspecified atom stereocenters. The molecular formula is C15H30N2O. The summed E-state index contributed by atoms with van der Waals surface area (Å²) in [4.78, 5) is 11.8. The Kier molecular flexibility index (Phi) is 6.69. The fourth-order valence-corrected chi connectivity index (χ4v) is 2.92. The third-order valence-corrected chi connectivity index (χ3v) is 4.36. The molecule has 106 valence electrons. The van der Waals surface area contributed by atoms with E-state index in [0.29, 0.717) is 24.5 Å². The van der Waals surface area contributed by atoms with Crippen LogP contribution in [0.1, 0.15) is 59.8 Å². The molecule has 1 rings (SSSR count). The van der Waals surface area contributed by atoms with Gasteiger partial charge >= 0.3 is 0 Å². The van der Waals surface area contributed by atoms with Gasteiger partial charge in [-0.1, -0.05) is 40.0 Å². The average Bonchev–Trinajstić information content (AvgIpc) is 2.31. The second-order valence-electron chi connectivity index (χ2n) is 6.01. The van der Waals surface area contributed by atoms with E-state index in [1.165, 1.54) is 19.3 Å². The first kappa shape index (κ1) is 15.5. The number of carbonyl (C=O) groups is 1. The zero-order valence-corrected chi connectivity index (χ0v) is 12.5. The minimum atomic E-state index is 0.140. The Labute approximate surface area is 112 Å². The van der Waals surface area contributed by atoms with E-state index in [2.05, 4.69) is 38.3 Å². The van der Waals surface area contributed by atoms with Crippen molar-refractivity contribution >= 4 is 5.91 Å². The molecule has 0 aromatic heterocycles. The lowest BCUT2D eigenvalue weighted by molar-refractivity contribution is -0.121. The van der Waals surface area contributed by atoms with Crippen molar-refractivity contribution in [3.8, 4) is 0 Å². The number of nitrogens with one attached hydrogen (secondary N) is 2. The highest BCUT2D eigenvalue weighted by Crippen LogP contribution is 2.29. The maximum absolute atomic E-state index is 11.8. The van der Waals surface area contributed by atoms with Crippen LogP contribution >= 0.6 is 0 Å². The molecule has 0 heterocycles. The molecule has 1 fully saturated rings. The Morgan fingerprint density at radius 1 is 1.33 bits per heavy atom. The van der Waals surface area contributed by atoms with Gasteiger partial charge in [0.15, 0.2) is 0 Å². The smallest absolute Gasteiger partial charge is 0.234 e. The molecule has 1 aliphatic rings. The molecule has 3 nitrogen and oxygen atoms in total. The fourth-order valence-electron chi connectivity index (χ4n) is 2.92. The van der Waals surface area contributed by atoms with Crippen molar-refractivity contribution < 1.29 is 4.79 Å². The van der Waals surface area contributed by atoms with Gasteiger partial charge in [-0.2, -0.15) is 0 Å². The van der Waals surface area contributed by atoms with Gasteiger partial charge in [0.25, 0.3) is 0 Å². The standard InChI is InChI=1S/C15H30N2O/c1-5-7-12(3)17-15(18)10-16-14-9-6-8-11(2)13(14)4/h11-14,16H,5-10H2,1-4H3,(H,17,18). The van der Waals surface area contributed by atoms with Crippen LogP contribution in [0.5, 0.6) is 0 Å². The zero-order chi connectivity index (χ0) is 13.5. The molecule has 0 aromatic carbocycles. The average molecular weight is 254 g/mol. The van der Waals surface area contributed by atoms with Crippen LogP contribution in [0.15, 0.2) is 0 Å². The molecule has 0 aliphatic heterocycles. The van der Waals surface area contributed by atoms with Gasteiger partial charge in [0.2, 0.25) is 5.91 Å². The number of rotatable bonds is 6. The highest BCUT2D eigenvalue weighted by molar-refractivity contribution is 5.78. The van der Waals surface area contributed by atoms with Crippen molar-refractivity contribution in [1.29, 1.82) is 0 Å². The lowest BCUT2D eigenvalue weighted by atomic mass is 9.78. The van der Waals surface area contributed by atoms with Crippen LogP contribution in [0.2, 0.25) is 0 Å². The van der Waals surface area contributed by atoms with Crippen molar-refractivity contribution in [1.82, 2.24) is 10.6 Å². The summed E-state index contributed by atoms with van der Waals surface area (Å²) in [5, 5.41) is 6.48. The number of carbonyl (C=O) groups excluding carboxylic acids is 1. The van der Waals surface area contributed by atoms with Crippen LogP contribution < -0.4 is 10.6 Å². The number of hydrogen-bond acceptors (Lipinski definition) is 2. The molecule has 0 aromatic rings. The number of amides is 1. The van der Waals surface area contributed by atoms with E-state index >= 15 is 0 Å². The summed E-state index contributed by atoms with van der Waals surface area (Å²) in [5.41, 5.74) is 0. The Balaban J connectivity index is 2.25. The minimum absolute atomic E-state index is 0.140. The molecule has 0 saturated heterocycles. The van der Waals surface area contributed by atoms with Crippen molar-refractivity contribution in [3.63, 3.8) is 0 Å². The van der Waals surface area contributed by atoms with E-state index in [4.69, 9.17) is 0 Å². The SMILES string of the molecule is CCCC(C)NC(=O)CNC1CCCC(C)C1C. The summed E-state index contributed by atoms with van der Waals surface area (Å²) >= 11 is 0. The first-order valence-corrected chi connectivity index (χ1v) is 7.57. The molecule has 3 heteroatoms. The van der Waals surface area contributed by atoms with Gasteiger partial charge in [-0.15, -0.1) is 0 Å². The third-order valence-electron chi connectivity index (χ3n) is 4.36. The second-order valence-corrected chi connectivity index (χ2v) is 6.01. The second kappa shape index (κ2) is 7.78. The zero-order valence-electron chi connectivity index (χ0n) is 12.5. The molecule has 18 heavy (non-hydrogen) atoms. The lowest BCUT2D eigenvalue weighted by Gasteiger charge is -2.34. The topological polar surface area (TPSA) is 41.1 Å². The highest BCUT2D eigenvalue weighted by atomic mass is 16.1. The van der Waals surface area contributed by atoms with Gasteiger partial charge < -0.3 is 10.6 Å². The molecule has 1 saturated carbocycles. The predicted octanol–water partition coefficient (Wildman–Crippen LogP) is 2.71. The van der Waals surface area contributed by atoms with Gasteiger partial charge in [0.1, 0.15) is 0 Å². The summed E-state index contributed by atoms with van der Waals surface area (Å²) in [7, 11) is 0. The van der Waals surface area contributed by atoms with E-state index in [1.807, 2.05) is 0 Å². The number of hydrogen-bond donors (Lipinski definition) is 2. The van der Waals surface area contributed by atoms with Crippen LogP contribution in [-0.2, 0) is 4.79 Å². The molecular weight excluding hydrogens is 224 g/mol. The lowest BCUT2D eigenvalue weighted by Crippen LogP contribution is -2.46. The summed E-state index contributed by atoms with van der Waals surface area (Å²) in [6, 6.07) is 0.813. The Bertz CT molecular complexity index is 255. The van der Waals surface area contributed by atoms with Crippen LogP contribution in [0.3, 0.4) is 0 Å². The maximum atomic E-state index is 11.8. The minimum Gasteiger partial charge on any atom is -0.353 e. The van der Waals surface area contributed by atoms with E-state index in [0.717, 1.165) is 18.8 Å².